The number of aromatic nitrogens is 1. The summed E-state index contributed by atoms with van der Waals surface area (Å²) in [5.74, 6) is -0.309. The van der Waals surface area contributed by atoms with Gasteiger partial charge in [0.05, 0.1) is 45.6 Å². The summed E-state index contributed by atoms with van der Waals surface area (Å²) < 4.78 is 0. The summed E-state index contributed by atoms with van der Waals surface area (Å²) >= 11 is 1.44. The number of carbonyl (C=O) groups excluding carboxylic acids is 2. The van der Waals surface area contributed by atoms with Crippen molar-refractivity contribution in [2.75, 3.05) is 39.1 Å². The van der Waals surface area contributed by atoms with E-state index in [2.05, 4.69) is 17.6 Å². The molecule has 0 spiro atoms. The fourth-order valence-electron chi connectivity index (χ4n) is 5.56. The van der Waals surface area contributed by atoms with Gasteiger partial charge in [-0.15, -0.1) is 11.3 Å². The largest absolute Gasteiger partial charge is 0.396 e. The molecule has 8 nitrogen and oxygen atoms in total. The van der Waals surface area contributed by atoms with Gasteiger partial charge >= 0.3 is 0 Å². The van der Waals surface area contributed by atoms with E-state index in [1.54, 1.807) is 0 Å². The van der Waals surface area contributed by atoms with Crippen LogP contribution in [0.4, 0.5) is 5.13 Å². The maximum atomic E-state index is 12.9. The lowest BCUT2D eigenvalue weighted by Gasteiger charge is -2.58. The second kappa shape index (κ2) is 9.13. The van der Waals surface area contributed by atoms with Crippen LogP contribution in [0.1, 0.15) is 56.5 Å². The molecule has 1 saturated carbocycles. The van der Waals surface area contributed by atoms with E-state index < -0.39 is 11.5 Å². The van der Waals surface area contributed by atoms with E-state index in [1.807, 2.05) is 21.0 Å². The summed E-state index contributed by atoms with van der Waals surface area (Å²) in [6.07, 6.45) is 1.76. The molecule has 174 valence electrons. The van der Waals surface area contributed by atoms with Crippen LogP contribution in [0.2, 0.25) is 0 Å². The minimum absolute atomic E-state index is 0.00928. The van der Waals surface area contributed by atoms with Crippen molar-refractivity contribution in [2.45, 2.75) is 58.5 Å². The molecule has 1 fully saturated rings. The molecule has 2 amide bonds. The third-order valence-electron chi connectivity index (χ3n) is 7.51. The van der Waals surface area contributed by atoms with Crippen molar-refractivity contribution in [3.05, 3.63) is 10.6 Å². The first-order valence-corrected chi connectivity index (χ1v) is 11.9. The van der Waals surface area contributed by atoms with Gasteiger partial charge in [-0.2, -0.15) is 0 Å². The molecule has 0 saturated heterocycles. The molecule has 31 heavy (non-hydrogen) atoms. The first kappa shape index (κ1) is 24.1. The van der Waals surface area contributed by atoms with E-state index in [4.69, 9.17) is 4.98 Å². The number of likely N-dealkylation sites (N-methyl/N-ethyl adjacent to an activating group) is 1. The Morgan fingerprint density at radius 3 is 2.65 bits per heavy atom. The zero-order valence-electron chi connectivity index (χ0n) is 19.2. The lowest BCUT2D eigenvalue weighted by atomic mass is 9.47. The Morgan fingerprint density at radius 1 is 1.32 bits per heavy atom. The van der Waals surface area contributed by atoms with Crippen LogP contribution in [0.5, 0.6) is 0 Å². The van der Waals surface area contributed by atoms with Crippen LogP contribution in [0.3, 0.4) is 0 Å². The summed E-state index contributed by atoms with van der Waals surface area (Å²) in [7, 11) is 4.10. The van der Waals surface area contributed by atoms with E-state index in [1.165, 1.54) is 23.2 Å². The number of aliphatic hydroxyl groups excluding tert-OH is 2. The molecule has 1 heterocycles. The smallest absolute Gasteiger partial charge is 0.223 e. The van der Waals surface area contributed by atoms with Crippen LogP contribution in [0, 0.1) is 16.7 Å². The molecule has 1 aromatic rings. The molecule has 1 aromatic heterocycles. The van der Waals surface area contributed by atoms with Crippen LogP contribution in [0.15, 0.2) is 0 Å². The van der Waals surface area contributed by atoms with Crippen molar-refractivity contribution in [3.8, 4) is 0 Å². The minimum Gasteiger partial charge on any atom is -0.396 e. The number of anilines is 1. The Hall–Kier alpha value is -1.55. The maximum absolute atomic E-state index is 12.9. The lowest BCUT2D eigenvalue weighted by molar-refractivity contribution is -0.856. The number of nitrogens with zero attached hydrogens (tertiary/aromatic N) is 1. The van der Waals surface area contributed by atoms with Crippen LogP contribution in [0.25, 0.3) is 0 Å². The average Bonchev–Trinajstić information content (AvgIpc) is 3.07. The standard InChI is InChI=1S/C22H36N4O4S/c1-13(28)24-20-25-19-14(10-18(30)23-8-9-26(4)5)21(2)7-6-17(29)22(3,12-27)16(21)11-15(19)31-20/h14,16-17,27,29H,6-12H2,1-5H3,(H,23,30)(H,24,25,28)/p+1/t14-,16+,17-,21+,22+/m1/s1. The monoisotopic (exact) mass is 453 g/mol. The molecule has 3 rings (SSSR count). The Morgan fingerprint density at radius 2 is 2.03 bits per heavy atom. The lowest BCUT2D eigenvalue weighted by Crippen LogP contribution is -3.06. The van der Waals surface area contributed by atoms with Crippen LogP contribution >= 0.6 is 11.3 Å². The second-order valence-electron chi connectivity index (χ2n) is 10.1. The predicted molar refractivity (Wildman–Crippen MR) is 120 cm³/mol. The van der Waals surface area contributed by atoms with Gasteiger partial charge in [0.15, 0.2) is 5.13 Å². The number of nitrogens with one attached hydrogen (secondary N) is 3. The van der Waals surface area contributed by atoms with Crippen molar-refractivity contribution in [1.82, 2.24) is 10.3 Å². The zero-order valence-corrected chi connectivity index (χ0v) is 20.1. The molecule has 0 aliphatic heterocycles. The van der Waals surface area contributed by atoms with E-state index in [0.29, 0.717) is 30.9 Å². The van der Waals surface area contributed by atoms with Gasteiger partial charge in [-0.25, -0.2) is 4.98 Å². The van der Waals surface area contributed by atoms with Crippen LogP contribution < -0.4 is 15.5 Å². The number of hydrogen-bond donors (Lipinski definition) is 5. The van der Waals surface area contributed by atoms with Gasteiger partial charge < -0.3 is 25.7 Å². The third kappa shape index (κ3) is 4.65. The number of fused-ring (bicyclic) bond motifs is 2. The van der Waals surface area contributed by atoms with Gasteiger partial charge in [0.2, 0.25) is 11.8 Å². The highest BCUT2D eigenvalue weighted by atomic mass is 32.1. The van der Waals surface area contributed by atoms with Crippen molar-refractivity contribution in [2.24, 2.45) is 16.7 Å². The molecule has 0 radical (unpaired) electrons. The molecular weight excluding hydrogens is 416 g/mol. The fraction of sp³-hybridized carbons (Fsp3) is 0.773. The van der Waals surface area contributed by atoms with Crippen molar-refractivity contribution < 1.29 is 24.7 Å². The summed E-state index contributed by atoms with van der Waals surface area (Å²) in [5.41, 5.74) is -0.0427. The number of quaternary nitrogens is 1. The highest BCUT2D eigenvalue weighted by molar-refractivity contribution is 7.15. The molecule has 2 aliphatic carbocycles. The topological polar surface area (TPSA) is 116 Å². The summed E-state index contributed by atoms with van der Waals surface area (Å²) in [4.78, 5) is 31.5. The Labute approximate surface area is 188 Å². The van der Waals surface area contributed by atoms with E-state index in [0.717, 1.165) is 23.5 Å². The Bertz CT molecular complexity index is 828. The van der Waals surface area contributed by atoms with Gasteiger partial charge in [-0.3, -0.25) is 9.59 Å². The van der Waals surface area contributed by atoms with Crippen LogP contribution in [-0.2, 0) is 16.0 Å². The molecule has 2 aliphatic rings. The zero-order chi connectivity index (χ0) is 23.0. The average molecular weight is 454 g/mol. The molecule has 0 bridgehead atoms. The summed E-state index contributed by atoms with van der Waals surface area (Å²) in [6, 6.07) is 0. The first-order valence-electron chi connectivity index (χ1n) is 11.1. The number of thiazole rings is 1. The highest BCUT2D eigenvalue weighted by Crippen LogP contribution is 2.62. The van der Waals surface area contributed by atoms with Crippen molar-refractivity contribution in [3.63, 3.8) is 0 Å². The first-order chi connectivity index (χ1) is 14.5. The molecular formula is C22H37N4O4S+. The quantitative estimate of drug-likeness (QED) is 0.404. The summed E-state index contributed by atoms with van der Waals surface area (Å²) in [6.45, 7) is 6.95. The Balaban J connectivity index is 1.96. The SMILES string of the molecule is CC(=O)Nc1nc2c(s1)C[C@@H]1[C@](C)(CO)[C@H](O)CC[C@@]1(C)[C@@H]2CC(=O)NCC[NH+](C)C. The normalized spacial score (nSPS) is 32.3. The van der Waals surface area contributed by atoms with E-state index >= 15 is 0 Å². The number of carbonyl (C=O) groups is 2. The van der Waals surface area contributed by atoms with Crippen molar-refractivity contribution >= 4 is 28.3 Å². The van der Waals surface area contributed by atoms with Gasteiger partial charge in [-0.1, -0.05) is 13.8 Å². The molecule has 5 atom stereocenters. The summed E-state index contributed by atoms with van der Waals surface area (Å²) in [5, 5.41) is 27.4. The molecule has 5 N–H and O–H groups in total. The van der Waals surface area contributed by atoms with Gasteiger partial charge in [0, 0.05) is 29.6 Å². The third-order valence-corrected chi connectivity index (χ3v) is 8.52. The number of amides is 2. The van der Waals surface area contributed by atoms with Gasteiger partial charge in [0.25, 0.3) is 0 Å². The van der Waals surface area contributed by atoms with Gasteiger partial charge in [-0.05, 0) is 30.6 Å². The number of hydrogen-bond acceptors (Lipinski definition) is 6. The van der Waals surface area contributed by atoms with Gasteiger partial charge in [0.1, 0.15) is 0 Å². The second-order valence-corrected chi connectivity index (χ2v) is 11.1. The number of aliphatic hydroxyl groups is 2. The number of rotatable bonds is 7. The van der Waals surface area contributed by atoms with E-state index in [-0.39, 0.29) is 35.7 Å². The Kier molecular flexibility index (Phi) is 7.10. The minimum atomic E-state index is -0.647. The van der Waals surface area contributed by atoms with E-state index in [9.17, 15) is 19.8 Å². The maximum Gasteiger partial charge on any atom is 0.223 e. The van der Waals surface area contributed by atoms with Crippen LogP contribution in [-0.4, -0.2) is 66.9 Å². The molecule has 0 unspecified atom stereocenters. The fourth-order valence-corrected chi connectivity index (χ4v) is 6.67. The van der Waals surface area contributed by atoms with Crippen molar-refractivity contribution in [1.29, 1.82) is 0 Å². The molecule has 0 aromatic carbocycles. The molecule has 9 heteroatoms. The predicted octanol–water partition coefficient (Wildman–Crippen LogP) is 0.168. The highest BCUT2D eigenvalue weighted by Gasteiger charge is 2.59.